The van der Waals surface area contributed by atoms with Crippen LogP contribution in [0.3, 0.4) is 0 Å². The predicted molar refractivity (Wildman–Crippen MR) is 156 cm³/mol. The van der Waals surface area contributed by atoms with E-state index in [9.17, 15) is 0 Å². The van der Waals surface area contributed by atoms with Gasteiger partial charge >= 0.3 is 0 Å². The maximum absolute atomic E-state index is 6.19. The number of aromatic nitrogens is 4. The van der Waals surface area contributed by atoms with Crippen molar-refractivity contribution < 1.29 is 0 Å². The number of hydrogen-bond acceptors (Lipinski definition) is 4. The average Bonchev–Trinajstić information content (AvgIpc) is 3.47. The Balaban J connectivity index is 1.50. The lowest BCUT2D eigenvalue weighted by molar-refractivity contribution is 1.07. The molecule has 0 amide bonds. The molecule has 0 spiro atoms. The number of benzene rings is 4. The van der Waals surface area contributed by atoms with Crippen molar-refractivity contribution in [1.29, 1.82) is 0 Å². The molecule has 7 rings (SSSR count). The summed E-state index contributed by atoms with van der Waals surface area (Å²) in [5.74, 6) is 0. The average molecular weight is 493 g/mol. The van der Waals surface area contributed by atoms with Crippen LogP contribution < -0.4 is 5.73 Å². The zero-order valence-corrected chi connectivity index (χ0v) is 20.6. The molecule has 0 saturated carbocycles. The number of para-hydroxylation sites is 3. The zero-order chi connectivity index (χ0) is 25.5. The molecular formula is C32H24N6. The van der Waals surface area contributed by atoms with Crippen molar-refractivity contribution in [3.05, 3.63) is 121 Å². The Hall–Kier alpha value is -5.23. The van der Waals surface area contributed by atoms with E-state index in [1.807, 2.05) is 60.8 Å². The third kappa shape index (κ3) is 3.46. The fraction of sp³-hybridized carbons (Fsp3) is 0.0312. The first-order chi connectivity index (χ1) is 18.8. The molecule has 0 radical (unpaired) electrons. The normalized spacial score (nSPS) is 12.5. The fourth-order valence-corrected chi connectivity index (χ4v) is 5.16. The predicted octanol–water partition coefficient (Wildman–Crippen LogP) is 6.71. The number of nitrogens with two attached hydrogens (primary N) is 1. The smallest absolute Gasteiger partial charge is 0.166 e. The second-order valence-corrected chi connectivity index (χ2v) is 9.16. The summed E-state index contributed by atoms with van der Waals surface area (Å²) in [7, 11) is 0. The quantitative estimate of drug-likeness (QED) is 0.271. The Bertz CT molecular complexity index is 2000. The summed E-state index contributed by atoms with van der Waals surface area (Å²) in [4.78, 5) is 15.2. The molecule has 0 saturated heterocycles. The molecule has 0 fully saturated rings. The Labute approximate surface area is 219 Å². The standard InChI is InChI=1S/C32H24N6/c33-19-24(21-34-20-22-11-3-1-4-12-22)38-28-18-10-8-16-26(28)30-32(38)36-31-29(35-30)25-15-7-9-17-27(25)37(31)23-13-5-2-6-14-23/h1-19,21H,20,33H2/b24-19+,34-21?. The summed E-state index contributed by atoms with van der Waals surface area (Å²) in [6.07, 6.45) is 3.40. The van der Waals surface area contributed by atoms with Crippen molar-refractivity contribution >= 4 is 56.0 Å². The summed E-state index contributed by atoms with van der Waals surface area (Å²) in [6.45, 7) is 0.563. The van der Waals surface area contributed by atoms with Crippen LogP contribution in [0.1, 0.15) is 5.56 Å². The van der Waals surface area contributed by atoms with Crippen LogP contribution in [0, 0.1) is 0 Å². The van der Waals surface area contributed by atoms with E-state index in [1.54, 1.807) is 6.20 Å². The largest absolute Gasteiger partial charge is 0.403 e. The van der Waals surface area contributed by atoms with Crippen molar-refractivity contribution in [1.82, 2.24) is 19.1 Å². The zero-order valence-electron chi connectivity index (χ0n) is 20.6. The van der Waals surface area contributed by atoms with E-state index in [-0.39, 0.29) is 0 Å². The monoisotopic (exact) mass is 492 g/mol. The molecule has 0 aliphatic rings. The van der Waals surface area contributed by atoms with Gasteiger partial charge in [0, 0.05) is 28.9 Å². The van der Waals surface area contributed by atoms with Gasteiger partial charge in [0.2, 0.25) is 0 Å². The van der Waals surface area contributed by atoms with E-state index in [0.717, 1.165) is 61.1 Å². The first kappa shape index (κ1) is 22.0. The summed E-state index contributed by atoms with van der Waals surface area (Å²) in [6, 6.07) is 37.0. The van der Waals surface area contributed by atoms with Gasteiger partial charge in [-0.05, 0) is 29.8 Å². The van der Waals surface area contributed by atoms with E-state index >= 15 is 0 Å². The van der Waals surface area contributed by atoms with Gasteiger partial charge in [-0.15, -0.1) is 0 Å². The minimum absolute atomic E-state index is 0.563. The van der Waals surface area contributed by atoms with Crippen molar-refractivity contribution in [3.8, 4) is 5.69 Å². The highest BCUT2D eigenvalue weighted by Gasteiger charge is 2.21. The first-order valence-corrected chi connectivity index (χ1v) is 12.6. The molecule has 0 unspecified atom stereocenters. The summed E-state index contributed by atoms with van der Waals surface area (Å²) in [5.41, 5.74) is 14.4. The summed E-state index contributed by atoms with van der Waals surface area (Å²) >= 11 is 0. The SMILES string of the molecule is N/C=C(\C=NCc1ccccc1)n1c2ccccc2c2nc3c4ccccc4n(-c4ccccc4)c3nc21. The molecule has 182 valence electrons. The second-order valence-electron chi connectivity index (χ2n) is 9.16. The lowest BCUT2D eigenvalue weighted by Gasteiger charge is -2.09. The molecule has 4 aromatic carbocycles. The Morgan fingerprint density at radius 3 is 2.03 bits per heavy atom. The number of hydrogen-bond donors (Lipinski definition) is 1. The molecule has 6 heteroatoms. The van der Waals surface area contributed by atoms with Crippen LogP contribution in [-0.4, -0.2) is 25.3 Å². The number of rotatable bonds is 5. The minimum atomic E-state index is 0.563. The highest BCUT2D eigenvalue weighted by molar-refractivity contribution is 6.16. The number of nitrogens with zero attached hydrogens (tertiary/aromatic N) is 5. The molecule has 7 aromatic rings. The molecule has 0 aliphatic heterocycles. The van der Waals surface area contributed by atoms with Crippen LogP contribution in [-0.2, 0) is 6.54 Å². The van der Waals surface area contributed by atoms with Crippen LogP contribution in [0.15, 0.2) is 120 Å². The van der Waals surface area contributed by atoms with Crippen LogP contribution in [0.2, 0.25) is 0 Å². The van der Waals surface area contributed by atoms with E-state index in [2.05, 4.69) is 63.7 Å². The van der Waals surface area contributed by atoms with Crippen LogP contribution >= 0.6 is 0 Å². The van der Waals surface area contributed by atoms with E-state index in [1.165, 1.54) is 0 Å². The lowest BCUT2D eigenvalue weighted by atomic mass is 10.2. The van der Waals surface area contributed by atoms with Crippen molar-refractivity contribution in [2.45, 2.75) is 6.54 Å². The summed E-state index contributed by atoms with van der Waals surface area (Å²) in [5, 5.41) is 2.08. The van der Waals surface area contributed by atoms with Gasteiger partial charge in [-0.3, -0.25) is 14.1 Å². The van der Waals surface area contributed by atoms with E-state index < -0.39 is 0 Å². The Kier molecular flexibility index (Phi) is 5.22. The molecule has 0 atom stereocenters. The molecule has 0 bridgehead atoms. The van der Waals surface area contributed by atoms with Gasteiger partial charge in [-0.1, -0.05) is 84.9 Å². The van der Waals surface area contributed by atoms with E-state index in [4.69, 9.17) is 20.7 Å². The van der Waals surface area contributed by atoms with Crippen LogP contribution in [0.4, 0.5) is 0 Å². The topological polar surface area (TPSA) is 74.0 Å². The Morgan fingerprint density at radius 1 is 0.684 bits per heavy atom. The molecule has 6 nitrogen and oxygen atoms in total. The van der Waals surface area contributed by atoms with Crippen molar-refractivity contribution in [2.24, 2.45) is 10.7 Å². The third-order valence-electron chi connectivity index (χ3n) is 6.87. The third-order valence-corrected chi connectivity index (χ3v) is 6.87. The fourth-order valence-electron chi connectivity index (χ4n) is 5.16. The number of aliphatic imine (C=N–C) groups is 1. The van der Waals surface area contributed by atoms with Crippen LogP contribution in [0.25, 0.3) is 55.5 Å². The maximum Gasteiger partial charge on any atom is 0.166 e. The van der Waals surface area contributed by atoms with Gasteiger partial charge in [0.15, 0.2) is 11.3 Å². The van der Waals surface area contributed by atoms with Crippen molar-refractivity contribution in [2.75, 3.05) is 0 Å². The molecular weight excluding hydrogens is 468 g/mol. The molecule has 2 N–H and O–H groups in total. The van der Waals surface area contributed by atoms with Gasteiger partial charge in [0.05, 0.1) is 23.3 Å². The van der Waals surface area contributed by atoms with Gasteiger partial charge < -0.3 is 5.73 Å². The number of allylic oxidation sites excluding steroid dienone is 1. The van der Waals surface area contributed by atoms with Gasteiger partial charge in [-0.2, -0.15) is 0 Å². The molecule has 3 heterocycles. The highest BCUT2D eigenvalue weighted by atomic mass is 15.1. The van der Waals surface area contributed by atoms with Gasteiger partial charge in [-0.25, -0.2) is 9.97 Å². The Morgan fingerprint density at radius 2 is 1.29 bits per heavy atom. The van der Waals surface area contributed by atoms with Crippen LogP contribution in [0.5, 0.6) is 0 Å². The molecule has 0 aliphatic carbocycles. The lowest BCUT2D eigenvalue weighted by Crippen LogP contribution is -2.04. The first-order valence-electron chi connectivity index (χ1n) is 12.6. The van der Waals surface area contributed by atoms with Crippen molar-refractivity contribution in [3.63, 3.8) is 0 Å². The van der Waals surface area contributed by atoms with Gasteiger partial charge in [0.1, 0.15) is 11.0 Å². The summed E-state index contributed by atoms with van der Waals surface area (Å²) < 4.78 is 4.23. The second kappa shape index (κ2) is 9.01. The maximum atomic E-state index is 6.19. The minimum Gasteiger partial charge on any atom is -0.403 e. The van der Waals surface area contributed by atoms with Gasteiger partial charge in [0.25, 0.3) is 0 Å². The molecule has 38 heavy (non-hydrogen) atoms. The highest BCUT2D eigenvalue weighted by Crippen LogP contribution is 2.35. The number of fused-ring (bicyclic) bond motifs is 6. The molecule has 3 aromatic heterocycles. The van der Waals surface area contributed by atoms with E-state index in [0.29, 0.717) is 6.54 Å².